The maximum absolute atomic E-state index is 12.6. The van der Waals surface area contributed by atoms with Gasteiger partial charge in [-0.05, 0) is 31.0 Å². The van der Waals surface area contributed by atoms with Gasteiger partial charge in [-0.1, -0.05) is 12.1 Å². The molecule has 4 rings (SSSR count). The van der Waals surface area contributed by atoms with Gasteiger partial charge in [-0.2, -0.15) is 0 Å². The number of hydrogen-bond donors (Lipinski definition) is 2. The van der Waals surface area contributed by atoms with Crippen molar-refractivity contribution in [1.29, 1.82) is 0 Å². The molecule has 7 heteroatoms. The van der Waals surface area contributed by atoms with Crippen LogP contribution in [0.2, 0.25) is 0 Å². The fraction of sp³-hybridized carbons (Fsp3) is 0.250. The second kappa shape index (κ2) is 7.90. The highest BCUT2D eigenvalue weighted by molar-refractivity contribution is 5.89. The van der Waals surface area contributed by atoms with Gasteiger partial charge in [-0.15, -0.1) is 0 Å². The first-order chi connectivity index (χ1) is 13.3. The lowest BCUT2D eigenvalue weighted by atomic mass is 9.94. The van der Waals surface area contributed by atoms with E-state index in [4.69, 9.17) is 4.74 Å². The zero-order chi connectivity index (χ0) is 18.5. The number of pyridine rings is 1. The topological polar surface area (TPSA) is 83.1 Å². The van der Waals surface area contributed by atoms with Gasteiger partial charge >= 0.3 is 6.03 Å². The molecule has 7 nitrogen and oxygen atoms in total. The third-order valence-corrected chi connectivity index (χ3v) is 4.69. The second-order valence-corrected chi connectivity index (χ2v) is 6.50. The Morgan fingerprint density at radius 1 is 1.19 bits per heavy atom. The number of carbonyl (C=O) groups is 1. The van der Waals surface area contributed by atoms with Crippen molar-refractivity contribution in [1.82, 2.24) is 19.9 Å². The Morgan fingerprint density at radius 3 is 2.81 bits per heavy atom. The van der Waals surface area contributed by atoms with Gasteiger partial charge in [0.15, 0.2) is 0 Å². The molecule has 2 aromatic heterocycles. The van der Waals surface area contributed by atoms with Crippen LogP contribution in [0.4, 0.5) is 10.5 Å². The Hall–Kier alpha value is -3.35. The predicted molar refractivity (Wildman–Crippen MR) is 102 cm³/mol. The van der Waals surface area contributed by atoms with Crippen LogP contribution in [0.25, 0.3) is 0 Å². The summed E-state index contributed by atoms with van der Waals surface area (Å²) in [6.07, 6.45) is 7.10. The van der Waals surface area contributed by atoms with E-state index in [1.54, 1.807) is 24.7 Å². The molecule has 3 aromatic rings. The van der Waals surface area contributed by atoms with E-state index in [1.165, 1.54) is 0 Å². The van der Waals surface area contributed by atoms with Gasteiger partial charge in [0.05, 0.1) is 6.33 Å². The van der Waals surface area contributed by atoms with Gasteiger partial charge in [0.25, 0.3) is 0 Å². The fourth-order valence-electron chi connectivity index (χ4n) is 3.25. The van der Waals surface area contributed by atoms with Crippen LogP contribution in [0.15, 0.2) is 61.2 Å². The molecule has 1 aliphatic heterocycles. The first-order valence-electron chi connectivity index (χ1n) is 9.01. The Labute approximate surface area is 157 Å². The first-order valence-corrected chi connectivity index (χ1v) is 9.01. The fourth-order valence-corrected chi connectivity index (χ4v) is 3.25. The SMILES string of the molecule is O=C(Nc1cccc(Oc2ccccn2)c1)N1CCC(c2cnc[nH]2)CC1. The molecule has 0 aliphatic carbocycles. The van der Waals surface area contributed by atoms with E-state index in [2.05, 4.69) is 20.3 Å². The van der Waals surface area contributed by atoms with Gasteiger partial charge < -0.3 is 19.9 Å². The number of amides is 2. The molecule has 0 saturated carbocycles. The van der Waals surface area contributed by atoms with Gasteiger partial charge in [-0.25, -0.2) is 14.8 Å². The van der Waals surface area contributed by atoms with E-state index < -0.39 is 0 Å². The number of nitrogens with zero attached hydrogens (tertiary/aromatic N) is 3. The molecule has 0 spiro atoms. The van der Waals surface area contributed by atoms with Gasteiger partial charge in [0, 0.05) is 54.9 Å². The number of likely N-dealkylation sites (tertiary alicyclic amines) is 1. The molecule has 2 N–H and O–H groups in total. The van der Waals surface area contributed by atoms with E-state index in [-0.39, 0.29) is 6.03 Å². The van der Waals surface area contributed by atoms with Crippen molar-refractivity contribution >= 4 is 11.7 Å². The third kappa shape index (κ3) is 4.25. The molecule has 0 atom stereocenters. The van der Waals surface area contributed by atoms with Crippen molar-refractivity contribution in [2.45, 2.75) is 18.8 Å². The molecule has 1 aromatic carbocycles. The predicted octanol–water partition coefficient (Wildman–Crippen LogP) is 4.01. The van der Waals surface area contributed by atoms with E-state index in [9.17, 15) is 4.79 Å². The van der Waals surface area contributed by atoms with Crippen molar-refractivity contribution in [2.24, 2.45) is 0 Å². The number of aromatic amines is 1. The standard InChI is InChI=1S/C20H21N5O2/c26-20(25-10-7-15(8-11-25)18-13-21-14-23-18)24-16-4-3-5-17(12-16)27-19-6-1-2-9-22-19/h1-6,9,12-15H,7-8,10-11H2,(H,21,23)(H,24,26). The Morgan fingerprint density at radius 2 is 2.07 bits per heavy atom. The number of anilines is 1. The summed E-state index contributed by atoms with van der Waals surface area (Å²) in [6.45, 7) is 1.44. The number of urea groups is 1. The molecule has 1 saturated heterocycles. The molecule has 27 heavy (non-hydrogen) atoms. The molecule has 0 radical (unpaired) electrons. The van der Waals surface area contributed by atoms with Gasteiger partial charge in [-0.3, -0.25) is 0 Å². The lowest BCUT2D eigenvalue weighted by molar-refractivity contribution is 0.194. The summed E-state index contributed by atoms with van der Waals surface area (Å²) in [7, 11) is 0. The zero-order valence-corrected chi connectivity index (χ0v) is 14.8. The normalized spacial score (nSPS) is 14.7. The third-order valence-electron chi connectivity index (χ3n) is 4.69. The number of nitrogens with one attached hydrogen (secondary N) is 2. The number of aromatic nitrogens is 3. The number of ether oxygens (including phenoxy) is 1. The van der Waals surface area contributed by atoms with Crippen LogP contribution in [0.1, 0.15) is 24.5 Å². The van der Waals surface area contributed by atoms with Crippen molar-refractivity contribution < 1.29 is 9.53 Å². The molecule has 3 heterocycles. The maximum atomic E-state index is 12.6. The monoisotopic (exact) mass is 363 g/mol. The number of piperidine rings is 1. The van der Waals surface area contributed by atoms with Crippen LogP contribution >= 0.6 is 0 Å². The second-order valence-electron chi connectivity index (χ2n) is 6.50. The van der Waals surface area contributed by atoms with Gasteiger partial charge in [0.2, 0.25) is 5.88 Å². The minimum atomic E-state index is -0.0898. The number of hydrogen-bond acceptors (Lipinski definition) is 4. The Balaban J connectivity index is 1.34. The van der Waals surface area contributed by atoms with Crippen LogP contribution in [0.3, 0.4) is 0 Å². The number of imidazole rings is 1. The van der Waals surface area contributed by atoms with Crippen LogP contribution < -0.4 is 10.1 Å². The van der Waals surface area contributed by atoms with E-state index >= 15 is 0 Å². The molecule has 0 bridgehead atoms. The average molecular weight is 363 g/mol. The number of carbonyl (C=O) groups excluding carboxylic acids is 1. The highest BCUT2D eigenvalue weighted by atomic mass is 16.5. The molecule has 138 valence electrons. The van der Waals surface area contributed by atoms with E-state index in [1.807, 2.05) is 41.4 Å². The van der Waals surface area contributed by atoms with Crippen LogP contribution in [-0.2, 0) is 0 Å². The highest BCUT2D eigenvalue weighted by Gasteiger charge is 2.24. The molecular formula is C20H21N5O2. The lowest BCUT2D eigenvalue weighted by Gasteiger charge is -2.31. The number of benzene rings is 1. The molecule has 1 aliphatic rings. The Kier molecular flexibility index (Phi) is 5.00. The van der Waals surface area contributed by atoms with E-state index in [0.29, 0.717) is 23.2 Å². The van der Waals surface area contributed by atoms with Crippen molar-refractivity contribution in [3.63, 3.8) is 0 Å². The summed E-state index contributed by atoms with van der Waals surface area (Å²) in [6, 6.07) is 12.7. The van der Waals surface area contributed by atoms with Crippen LogP contribution in [-0.4, -0.2) is 39.0 Å². The largest absolute Gasteiger partial charge is 0.439 e. The summed E-state index contributed by atoms with van der Waals surface area (Å²) in [4.78, 5) is 25.8. The number of H-pyrrole nitrogens is 1. The summed E-state index contributed by atoms with van der Waals surface area (Å²) in [5.74, 6) is 1.58. The molecular weight excluding hydrogens is 342 g/mol. The van der Waals surface area contributed by atoms with Crippen molar-refractivity contribution in [2.75, 3.05) is 18.4 Å². The van der Waals surface area contributed by atoms with Crippen molar-refractivity contribution in [3.8, 4) is 11.6 Å². The van der Waals surface area contributed by atoms with Crippen LogP contribution in [0.5, 0.6) is 11.6 Å². The minimum Gasteiger partial charge on any atom is -0.439 e. The maximum Gasteiger partial charge on any atom is 0.321 e. The summed E-state index contributed by atoms with van der Waals surface area (Å²) in [5, 5.41) is 2.95. The minimum absolute atomic E-state index is 0.0898. The molecule has 0 unspecified atom stereocenters. The smallest absolute Gasteiger partial charge is 0.321 e. The van der Waals surface area contributed by atoms with Gasteiger partial charge in [0.1, 0.15) is 5.75 Å². The molecule has 1 fully saturated rings. The number of rotatable bonds is 4. The summed E-state index contributed by atoms with van der Waals surface area (Å²) >= 11 is 0. The van der Waals surface area contributed by atoms with E-state index in [0.717, 1.165) is 31.6 Å². The van der Waals surface area contributed by atoms with Crippen LogP contribution in [0, 0.1) is 0 Å². The highest BCUT2D eigenvalue weighted by Crippen LogP contribution is 2.27. The molecule has 2 amide bonds. The summed E-state index contributed by atoms with van der Waals surface area (Å²) in [5.41, 5.74) is 1.85. The summed E-state index contributed by atoms with van der Waals surface area (Å²) < 4.78 is 5.72. The Bertz CT molecular complexity index is 874. The lowest BCUT2D eigenvalue weighted by Crippen LogP contribution is -2.40. The first kappa shape index (κ1) is 17.1. The average Bonchev–Trinajstić information content (AvgIpc) is 3.24. The zero-order valence-electron chi connectivity index (χ0n) is 14.8. The quantitative estimate of drug-likeness (QED) is 0.734. The van der Waals surface area contributed by atoms with Crippen molar-refractivity contribution in [3.05, 3.63) is 66.9 Å².